The van der Waals surface area contributed by atoms with Crippen molar-refractivity contribution in [2.45, 2.75) is 18.9 Å². The van der Waals surface area contributed by atoms with Gasteiger partial charge in [0.1, 0.15) is 11.5 Å². The summed E-state index contributed by atoms with van der Waals surface area (Å²) < 4.78 is 11.2. The van der Waals surface area contributed by atoms with E-state index in [2.05, 4.69) is 21.2 Å². The highest BCUT2D eigenvalue weighted by Crippen LogP contribution is 2.41. The van der Waals surface area contributed by atoms with Crippen molar-refractivity contribution in [3.05, 3.63) is 58.1 Å². The van der Waals surface area contributed by atoms with Gasteiger partial charge in [-0.15, -0.1) is 0 Å². The van der Waals surface area contributed by atoms with Gasteiger partial charge in [-0.05, 0) is 70.6 Å². The van der Waals surface area contributed by atoms with Crippen LogP contribution in [0.15, 0.2) is 46.9 Å². The molecule has 0 aliphatic heterocycles. The van der Waals surface area contributed by atoms with Crippen LogP contribution in [0, 0.1) is 5.92 Å². The summed E-state index contributed by atoms with van der Waals surface area (Å²) in [7, 11) is 3.24. The van der Waals surface area contributed by atoms with E-state index in [-0.39, 0.29) is 11.9 Å². The Hall–Kier alpha value is -2.01. The van der Waals surface area contributed by atoms with Crippen LogP contribution in [0.3, 0.4) is 0 Å². The Balaban J connectivity index is 1.81. The number of ether oxygens (including phenoxy) is 2. The molecule has 4 nitrogen and oxygen atoms in total. The summed E-state index contributed by atoms with van der Waals surface area (Å²) in [4.78, 5) is 12.8. The molecule has 5 heteroatoms. The van der Waals surface area contributed by atoms with Crippen LogP contribution < -0.4 is 14.8 Å². The number of carbonyl (C=O) groups is 1. The minimum Gasteiger partial charge on any atom is -0.497 e. The average molecular weight is 390 g/mol. The molecule has 2 aromatic carbocycles. The number of methoxy groups -OCH3 is 2. The molecule has 24 heavy (non-hydrogen) atoms. The van der Waals surface area contributed by atoms with Crippen LogP contribution >= 0.6 is 15.9 Å². The number of carbonyl (C=O) groups excluding carboxylic acids is 1. The van der Waals surface area contributed by atoms with Crippen LogP contribution in [-0.2, 0) is 0 Å². The van der Waals surface area contributed by atoms with Crippen molar-refractivity contribution in [1.29, 1.82) is 0 Å². The summed E-state index contributed by atoms with van der Waals surface area (Å²) in [5.41, 5.74) is 1.68. The van der Waals surface area contributed by atoms with Gasteiger partial charge < -0.3 is 14.8 Å². The molecule has 1 amide bonds. The second kappa shape index (κ2) is 7.26. The minimum atomic E-state index is -0.103. The Morgan fingerprint density at radius 2 is 1.71 bits per heavy atom. The van der Waals surface area contributed by atoms with Gasteiger partial charge in [0, 0.05) is 4.47 Å². The number of hydrogen-bond acceptors (Lipinski definition) is 3. The molecule has 0 spiro atoms. The fourth-order valence-electron chi connectivity index (χ4n) is 2.74. The first kappa shape index (κ1) is 16.8. The van der Waals surface area contributed by atoms with E-state index in [1.807, 2.05) is 36.4 Å². The van der Waals surface area contributed by atoms with Crippen LogP contribution in [-0.4, -0.2) is 20.1 Å². The monoisotopic (exact) mass is 389 g/mol. The second-order valence-electron chi connectivity index (χ2n) is 5.91. The third-order valence-electron chi connectivity index (χ3n) is 4.27. The van der Waals surface area contributed by atoms with Crippen LogP contribution in [0.5, 0.6) is 11.5 Å². The lowest BCUT2D eigenvalue weighted by atomic mass is 10.0. The van der Waals surface area contributed by atoms with Crippen molar-refractivity contribution in [3.63, 3.8) is 0 Å². The van der Waals surface area contributed by atoms with Gasteiger partial charge in [-0.1, -0.05) is 12.1 Å². The van der Waals surface area contributed by atoms with Crippen LogP contribution in [0.4, 0.5) is 0 Å². The fourth-order valence-corrected chi connectivity index (χ4v) is 3.17. The molecular formula is C19H20BrNO3. The number of rotatable bonds is 6. The van der Waals surface area contributed by atoms with Crippen molar-refractivity contribution in [1.82, 2.24) is 5.32 Å². The van der Waals surface area contributed by atoms with E-state index < -0.39 is 0 Å². The lowest BCUT2D eigenvalue weighted by Gasteiger charge is -2.20. The van der Waals surface area contributed by atoms with E-state index in [9.17, 15) is 4.79 Å². The van der Waals surface area contributed by atoms with Gasteiger partial charge in [-0.2, -0.15) is 0 Å². The predicted octanol–water partition coefficient (Wildman–Crippen LogP) is 4.35. The summed E-state index contributed by atoms with van der Waals surface area (Å²) >= 11 is 3.45. The van der Waals surface area contributed by atoms with E-state index in [4.69, 9.17) is 9.47 Å². The Bertz CT molecular complexity index is 726. The molecule has 1 N–H and O–H groups in total. The third-order valence-corrected chi connectivity index (χ3v) is 4.96. The summed E-state index contributed by atoms with van der Waals surface area (Å²) in [5.74, 6) is 1.87. The van der Waals surface area contributed by atoms with Gasteiger partial charge in [-0.3, -0.25) is 4.79 Å². The highest BCUT2D eigenvalue weighted by Gasteiger charge is 2.33. The Labute approximate surface area is 150 Å². The third kappa shape index (κ3) is 3.73. The Morgan fingerprint density at radius 3 is 2.29 bits per heavy atom. The van der Waals surface area contributed by atoms with Crippen LogP contribution in [0.2, 0.25) is 0 Å². The van der Waals surface area contributed by atoms with Crippen LogP contribution in [0.1, 0.15) is 34.8 Å². The molecule has 1 unspecified atom stereocenters. The predicted molar refractivity (Wildman–Crippen MR) is 96.6 cm³/mol. The number of benzene rings is 2. The van der Waals surface area contributed by atoms with Crippen molar-refractivity contribution in [2.24, 2.45) is 5.92 Å². The molecule has 1 fully saturated rings. The zero-order valence-electron chi connectivity index (χ0n) is 13.7. The number of amides is 1. The topological polar surface area (TPSA) is 47.6 Å². The van der Waals surface area contributed by atoms with Crippen LogP contribution in [0.25, 0.3) is 0 Å². The molecule has 0 saturated heterocycles. The molecule has 1 aliphatic carbocycles. The first-order valence-corrected chi connectivity index (χ1v) is 8.70. The van der Waals surface area contributed by atoms with E-state index in [1.165, 1.54) is 0 Å². The summed E-state index contributed by atoms with van der Waals surface area (Å²) in [5, 5.41) is 3.18. The Kier molecular flexibility index (Phi) is 5.09. The van der Waals surface area contributed by atoms with Gasteiger partial charge in [0.2, 0.25) is 0 Å². The lowest BCUT2D eigenvalue weighted by Crippen LogP contribution is -2.30. The molecule has 2 aromatic rings. The zero-order chi connectivity index (χ0) is 17.1. The minimum absolute atomic E-state index is 0.0153. The van der Waals surface area contributed by atoms with E-state index in [1.54, 1.807) is 20.3 Å². The molecule has 0 bridgehead atoms. The van der Waals surface area contributed by atoms with E-state index in [0.29, 0.717) is 17.2 Å². The van der Waals surface area contributed by atoms with Crippen molar-refractivity contribution in [2.75, 3.05) is 14.2 Å². The average Bonchev–Trinajstić information content (AvgIpc) is 3.45. The highest BCUT2D eigenvalue weighted by molar-refractivity contribution is 9.10. The SMILES string of the molecule is COc1ccc(C(NC(=O)c2cc(OC)ccc2Br)C2CC2)cc1. The van der Waals surface area contributed by atoms with Gasteiger partial charge in [0.25, 0.3) is 5.91 Å². The zero-order valence-corrected chi connectivity index (χ0v) is 15.3. The number of nitrogens with one attached hydrogen (secondary N) is 1. The molecule has 1 atom stereocenters. The molecular weight excluding hydrogens is 370 g/mol. The van der Waals surface area contributed by atoms with E-state index >= 15 is 0 Å². The molecule has 1 aliphatic rings. The molecule has 0 radical (unpaired) electrons. The quantitative estimate of drug-likeness (QED) is 0.798. The molecule has 126 valence electrons. The van der Waals surface area contributed by atoms with Crippen molar-refractivity contribution < 1.29 is 14.3 Å². The maximum Gasteiger partial charge on any atom is 0.253 e. The fraction of sp³-hybridized carbons (Fsp3) is 0.316. The molecule has 0 aromatic heterocycles. The maximum atomic E-state index is 12.8. The van der Waals surface area contributed by atoms with Gasteiger partial charge >= 0.3 is 0 Å². The number of hydrogen-bond donors (Lipinski definition) is 1. The second-order valence-corrected chi connectivity index (χ2v) is 6.76. The van der Waals surface area contributed by atoms with Gasteiger partial charge in [0.05, 0.1) is 25.8 Å². The number of halogens is 1. The standard InChI is InChI=1S/C19H20BrNO3/c1-23-14-7-5-13(6-8-14)18(12-3-4-12)21-19(22)16-11-15(24-2)9-10-17(16)20/h5-12,18H,3-4H2,1-2H3,(H,21,22). The van der Waals surface area contributed by atoms with Gasteiger partial charge in [-0.25, -0.2) is 0 Å². The first-order chi connectivity index (χ1) is 11.6. The maximum absolute atomic E-state index is 12.8. The normalized spacial score (nSPS) is 14.8. The van der Waals surface area contributed by atoms with Crippen molar-refractivity contribution >= 4 is 21.8 Å². The summed E-state index contributed by atoms with van der Waals surface area (Å²) in [6, 6.07) is 13.3. The summed E-state index contributed by atoms with van der Waals surface area (Å²) in [6.45, 7) is 0. The molecule has 0 heterocycles. The molecule has 3 rings (SSSR count). The van der Waals surface area contributed by atoms with Crippen molar-refractivity contribution in [3.8, 4) is 11.5 Å². The smallest absolute Gasteiger partial charge is 0.253 e. The summed E-state index contributed by atoms with van der Waals surface area (Å²) in [6.07, 6.45) is 2.27. The van der Waals surface area contributed by atoms with E-state index in [0.717, 1.165) is 28.6 Å². The largest absolute Gasteiger partial charge is 0.497 e. The highest BCUT2D eigenvalue weighted by atomic mass is 79.9. The first-order valence-electron chi connectivity index (χ1n) is 7.90. The Morgan fingerprint density at radius 1 is 1.08 bits per heavy atom. The lowest BCUT2D eigenvalue weighted by molar-refractivity contribution is 0.0930. The van der Waals surface area contributed by atoms with Gasteiger partial charge in [0.15, 0.2) is 0 Å². The molecule has 1 saturated carbocycles.